The summed E-state index contributed by atoms with van der Waals surface area (Å²) in [7, 11) is 0. The monoisotopic (exact) mass is 844 g/mol. The molecule has 6 aromatic rings. The molecule has 8 rings (SSSR count). The molecule has 2 aromatic heterocycles. The first kappa shape index (κ1) is 45.1. The predicted octanol–water partition coefficient (Wildman–Crippen LogP) is 9.60. The van der Waals surface area contributed by atoms with Crippen molar-refractivity contribution >= 4 is 17.6 Å². The van der Waals surface area contributed by atoms with Crippen molar-refractivity contribution in [3.05, 3.63) is 171 Å². The molecule has 63 heavy (non-hydrogen) atoms. The Morgan fingerprint density at radius 1 is 0.730 bits per heavy atom. The van der Waals surface area contributed by atoms with E-state index >= 15 is 0 Å². The third-order valence-electron chi connectivity index (χ3n) is 10.2. The van der Waals surface area contributed by atoms with E-state index in [0.717, 1.165) is 67.4 Å². The zero-order valence-corrected chi connectivity index (χ0v) is 36.0. The van der Waals surface area contributed by atoms with Crippen molar-refractivity contribution in [2.75, 3.05) is 0 Å². The normalized spacial score (nSPS) is 13.9. The fourth-order valence-corrected chi connectivity index (χ4v) is 6.67. The van der Waals surface area contributed by atoms with Gasteiger partial charge >= 0.3 is 5.97 Å². The number of nitrogens with zero attached hydrogens (tertiary/aromatic N) is 4. The predicted molar refractivity (Wildman–Crippen MR) is 238 cm³/mol. The summed E-state index contributed by atoms with van der Waals surface area (Å²) in [5, 5.41) is 20.7. The van der Waals surface area contributed by atoms with Crippen LogP contribution in [0.25, 0.3) is 27.1 Å². The first-order chi connectivity index (χ1) is 30.1. The summed E-state index contributed by atoms with van der Waals surface area (Å²) in [5.74, 6) is -0.812. The van der Waals surface area contributed by atoms with Crippen molar-refractivity contribution in [2.45, 2.75) is 79.4 Å². The number of aromatic carboxylic acids is 1. The van der Waals surface area contributed by atoms with Crippen LogP contribution in [0.1, 0.15) is 87.6 Å². The zero-order valence-electron chi connectivity index (χ0n) is 36.0. The lowest BCUT2D eigenvalue weighted by Gasteiger charge is -2.34. The molecule has 0 saturated carbocycles. The van der Waals surface area contributed by atoms with E-state index < -0.39 is 17.5 Å². The molecule has 0 atom stereocenters. The third kappa shape index (κ3) is 11.3. The first-order valence-electron chi connectivity index (χ1n) is 20.1. The number of nitrogens with two attached hydrogens (primary N) is 1. The Bertz CT molecular complexity index is 2680. The maximum atomic E-state index is 12.7. The van der Waals surface area contributed by atoms with Crippen molar-refractivity contribution in [3.63, 3.8) is 0 Å². The lowest BCUT2D eigenvalue weighted by atomic mass is 10.0. The molecular weight excluding hydrogens is 797 g/mol. The van der Waals surface area contributed by atoms with Gasteiger partial charge in [0.05, 0.1) is 48.4 Å². The second-order valence-corrected chi connectivity index (χ2v) is 15.6. The Morgan fingerprint density at radius 3 is 1.60 bits per heavy atom. The smallest absolute Gasteiger partial charge is 0.335 e. The molecule has 0 saturated heterocycles. The van der Waals surface area contributed by atoms with Crippen LogP contribution in [0.15, 0.2) is 109 Å². The summed E-state index contributed by atoms with van der Waals surface area (Å²) < 4.78 is 23.0. The van der Waals surface area contributed by atoms with E-state index in [2.05, 4.69) is 26.2 Å². The van der Waals surface area contributed by atoms with Gasteiger partial charge in [0, 0.05) is 69.9 Å². The first-order valence-corrected chi connectivity index (χ1v) is 20.1. The number of ether oxygens (including phenoxy) is 4. The van der Waals surface area contributed by atoms with Gasteiger partial charge in [-0.25, -0.2) is 9.64 Å². The van der Waals surface area contributed by atoms with Gasteiger partial charge in [-0.1, -0.05) is 60.7 Å². The fraction of sp³-hybridized carbons (Fsp3) is 0.240. The highest BCUT2D eigenvalue weighted by Gasteiger charge is 2.31. The molecule has 0 radical (unpaired) electrons. The Balaban J connectivity index is 0.000000174. The molecule has 4 heterocycles. The minimum absolute atomic E-state index is 0.168. The largest absolute Gasteiger partial charge is 0.478 e. The van der Waals surface area contributed by atoms with Crippen molar-refractivity contribution < 1.29 is 33.6 Å². The van der Waals surface area contributed by atoms with Crippen LogP contribution in [0.3, 0.4) is 0 Å². The number of carboxylic acid groups (broad SMARTS) is 1. The van der Waals surface area contributed by atoms with Gasteiger partial charge in [-0.15, -0.1) is 0 Å². The standard InChI is InChI=1S/C25H23N3O3.C14H9NO2.C11H16N2O2/c1-16-23-22(15-30-25(2,3)31-23)21(13-27-16)14-28-24(29)20-10-8-19(9-11-20)18-6-4-17(12-26)5-7-18;1-15-13-8-6-11(7-9-13)10-2-4-12(5-3-10)14(16)17;1-7-10-9(8(4-12)5-13-7)6-14-11(2,3)15-10/h4-11,13H,14-15H2,1-3H3,(H,28,29);2-9H,(H,16,17);5H,4,6,12H2,1-3H3. The van der Waals surface area contributed by atoms with Crippen LogP contribution < -0.4 is 20.5 Å². The number of hydrogen-bond donors (Lipinski definition) is 3. The number of pyridine rings is 2. The average Bonchev–Trinajstić information content (AvgIpc) is 3.29. The van der Waals surface area contributed by atoms with Gasteiger partial charge in [0.15, 0.2) is 5.69 Å². The van der Waals surface area contributed by atoms with Gasteiger partial charge in [-0.05, 0) is 83.6 Å². The molecule has 0 bridgehead atoms. The third-order valence-corrected chi connectivity index (χ3v) is 10.2. The molecule has 320 valence electrons. The Labute approximate surface area is 366 Å². The maximum absolute atomic E-state index is 12.7. The van der Waals surface area contributed by atoms with Crippen LogP contribution in [0.5, 0.6) is 11.5 Å². The Morgan fingerprint density at radius 2 is 1.16 bits per heavy atom. The summed E-state index contributed by atoms with van der Waals surface area (Å²) in [6.45, 7) is 20.0. The van der Waals surface area contributed by atoms with Gasteiger partial charge in [0.1, 0.15) is 11.5 Å². The molecule has 13 nitrogen and oxygen atoms in total. The highest BCUT2D eigenvalue weighted by atomic mass is 16.7. The van der Waals surface area contributed by atoms with E-state index in [1.807, 2.05) is 77.9 Å². The highest BCUT2D eigenvalue weighted by Crippen LogP contribution is 2.36. The lowest BCUT2D eigenvalue weighted by molar-refractivity contribution is -0.181. The van der Waals surface area contributed by atoms with Crippen molar-refractivity contribution in [2.24, 2.45) is 5.73 Å². The van der Waals surface area contributed by atoms with E-state index in [0.29, 0.717) is 43.1 Å². The van der Waals surface area contributed by atoms with Crippen LogP contribution >= 0.6 is 0 Å². The van der Waals surface area contributed by atoms with Crippen LogP contribution in [0.2, 0.25) is 0 Å². The molecule has 0 spiro atoms. The number of carbonyl (C=O) groups is 2. The zero-order chi connectivity index (χ0) is 45.3. The number of rotatable bonds is 7. The van der Waals surface area contributed by atoms with Crippen LogP contribution in [-0.4, -0.2) is 38.5 Å². The second-order valence-electron chi connectivity index (χ2n) is 15.6. The minimum Gasteiger partial charge on any atom is -0.478 e. The molecule has 0 unspecified atom stereocenters. The quantitative estimate of drug-likeness (QED) is 0.130. The highest BCUT2D eigenvalue weighted by molar-refractivity contribution is 5.94. The van der Waals surface area contributed by atoms with Gasteiger partial charge in [0.25, 0.3) is 5.91 Å². The Hall–Kier alpha value is -7.42. The molecule has 13 heteroatoms. The average molecular weight is 845 g/mol. The number of nitrogens with one attached hydrogen (secondary N) is 1. The number of benzene rings is 4. The van der Waals surface area contributed by atoms with Crippen molar-refractivity contribution in [3.8, 4) is 39.8 Å². The number of carbonyl (C=O) groups excluding carboxylic acids is 1. The number of aryl methyl sites for hydroxylation is 2. The number of carboxylic acids is 1. The Kier molecular flexibility index (Phi) is 14.0. The van der Waals surface area contributed by atoms with Crippen LogP contribution in [0.4, 0.5) is 5.69 Å². The summed E-state index contributed by atoms with van der Waals surface area (Å²) in [6, 6.07) is 30.7. The molecule has 2 aliphatic heterocycles. The van der Waals surface area contributed by atoms with Crippen LogP contribution in [-0.2, 0) is 35.8 Å². The van der Waals surface area contributed by atoms with Crippen molar-refractivity contribution in [1.29, 1.82) is 5.26 Å². The summed E-state index contributed by atoms with van der Waals surface area (Å²) in [4.78, 5) is 35.4. The van der Waals surface area contributed by atoms with Gasteiger partial charge in [-0.2, -0.15) is 5.26 Å². The molecule has 2 aliphatic rings. The number of amides is 1. The lowest BCUT2D eigenvalue weighted by Crippen LogP contribution is -2.36. The number of nitriles is 1. The van der Waals surface area contributed by atoms with E-state index in [9.17, 15) is 9.59 Å². The topological polar surface area (TPSA) is 183 Å². The summed E-state index contributed by atoms with van der Waals surface area (Å²) in [6.07, 6.45) is 3.55. The summed E-state index contributed by atoms with van der Waals surface area (Å²) >= 11 is 0. The molecule has 1 amide bonds. The van der Waals surface area contributed by atoms with Crippen molar-refractivity contribution in [1.82, 2.24) is 15.3 Å². The fourth-order valence-electron chi connectivity index (χ4n) is 6.67. The molecule has 4 N–H and O–H groups in total. The van der Waals surface area contributed by atoms with Gasteiger partial charge in [-0.3, -0.25) is 14.8 Å². The van der Waals surface area contributed by atoms with E-state index in [1.54, 1.807) is 73.1 Å². The number of fused-ring (bicyclic) bond motifs is 2. The molecule has 4 aromatic carbocycles. The summed E-state index contributed by atoms with van der Waals surface area (Å²) in [5.41, 5.74) is 17.1. The van der Waals surface area contributed by atoms with E-state index in [-0.39, 0.29) is 11.5 Å². The SMILES string of the molecule is Cc1ncc(CN)c2c1OC(C)(C)OC2.Cc1ncc(CNC(=O)c2ccc(-c3ccc(C#N)cc3)cc2)c2c1OC(C)(C)OC2.[C-]#[N+]c1ccc(-c2ccc(C(=O)O)cc2)cc1. The van der Waals surface area contributed by atoms with E-state index in [1.165, 1.54) is 0 Å². The van der Waals surface area contributed by atoms with E-state index in [4.69, 9.17) is 41.6 Å². The maximum Gasteiger partial charge on any atom is 0.335 e. The van der Waals surface area contributed by atoms with Gasteiger partial charge in [0.2, 0.25) is 11.6 Å². The number of hydrogen-bond acceptors (Lipinski definition) is 10. The molecule has 0 aliphatic carbocycles. The molecule has 0 fully saturated rings. The molecular formula is C50H48N6O7. The van der Waals surface area contributed by atoms with Crippen LogP contribution in [0, 0.1) is 31.8 Å². The second kappa shape index (κ2) is 19.5. The van der Waals surface area contributed by atoms with Gasteiger partial charge < -0.3 is 35.1 Å². The minimum atomic E-state index is -0.931. The number of aromatic nitrogens is 2.